The summed E-state index contributed by atoms with van der Waals surface area (Å²) in [4.78, 5) is 0. The second kappa shape index (κ2) is 2.70. The zero-order valence-electron chi connectivity index (χ0n) is 10.0. The molecule has 5 rings (SSSR count). The highest BCUT2D eigenvalue weighted by atomic mass is 16.3. The second-order valence-corrected chi connectivity index (χ2v) is 5.96. The van der Waals surface area contributed by atoms with Crippen LogP contribution in [0.4, 0.5) is 0 Å². The standard InChI is InChI=1S/C17H14O/c18-17-9-10-5-1-2-6-11(10)14-15(16(14)17)12-7-3-4-8-13(12)17/h1-8,14-16,18H,9H2/t14-,15-,16+,17-/m1/s1. The van der Waals surface area contributed by atoms with Crippen molar-refractivity contribution < 1.29 is 5.11 Å². The lowest BCUT2D eigenvalue weighted by molar-refractivity contribution is 0.0122. The largest absolute Gasteiger partial charge is 0.384 e. The van der Waals surface area contributed by atoms with E-state index in [-0.39, 0.29) is 0 Å². The summed E-state index contributed by atoms with van der Waals surface area (Å²) in [5.41, 5.74) is 4.81. The van der Waals surface area contributed by atoms with Gasteiger partial charge < -0.3 is 5.11 Å². The van der Waals surface area contributed by atoms with Crippen LogP contribution in [0, 0.1) is 5.92 Å². The van der Waals surface area contributed by atoms with Crippen molar-refractivity contribution in [3.63, 3.8) is 0 Å². The van der Waals surface area contributed by atoms with Crippen molar-refractivity contribution >= 4 is 0 Å². The molecule has 0 aliphatic heterocycles. The summed E-state index contributed by atoms with van der Waals surface area (Å²) in [5, 5.41) is 11.1. The minimum Gasteiger partial charge on any atom is -0.384 e. The Kier molecular flexibility index (Phi) is 1.40. The molecule has 3 aliphatic rings. The van der Waals surface area contributed by atoms with Crippen LogP contribution in [0.15, 0.2) is 48.5 Å². The summed E-state index contributed by atoms with van der Waals surface area (Å²) in [6.45, 7) is 0. The molecule has 0 spiro atoms. The number of aliphatic hydroxyl groups is 1. The van der Waals surface area contributed by atoms with Gasteiger partial charge in [0.25, 0.3) is 0 Å². The minimum absolute atomic E-state index is 0.435. The number of rotatable bonds is 0. The molecule has 2 aromatic carbocycles. The van der Waals surface area contributed by atoms with Gasteiger partial charge in [0.1, 0.15) is 0 Å². The van der Waals surface area contributed by atoms with Gasteiger partial charge in [-0.15, -0.1) is 0 Å². The first kappa shape index (κ1) is 9.35. The number of benzene rings is 2. The van der Waals surface area contributed by atoms with E-state index in [0.717, 1.165) is 6.42 Å². The zero-order valence-corrected chi connectivity index (χ0v) is 10.0. The fraction of sp³-hybridized carbons (Fsp3) is 0.294. The van der Waals surface area contributed by atoms with Crippen LogP contribution in [0.25, 0.3) is 0 Å². The molecule has 1 heteroatoms. The normalized spacial score (nSPS) is 37.7. The number of hydrogen-bond acceptors (Lipinski definition) is 1. The molecular formula is C17H14O. The predicted octanol–water partition coefficient (Wildman–Crippen LogP) is 2.94. The van der Waals surface area contributed by atoms with Gasteiger partial charge in [0, 0.05) is 12.3 Å². The van der Waals surface area contributed by atoms with Gasteiger partial charge in [0.15, 0.2) is 0 Å². The van der Waals surface area contributed by atoms with E-state index in [1.54, 1.807) is 0 Å². The molecule has 0 heterocycles. The maximum absolute atomic E-state index is 11.1. The molecular weight excluding hydrogens is 220 g/mol. The molecule has 1 N–H and O–H groups in total. The third-order valence-electron chi connectivity index (χ3n) is 5.23. The summed E-state index contributed by atoms with van der Waals surface area (Å²) in [5.74, 6) is 1.56. The first-order chi connectivity index (χ1) is 8.81. The Hall–Kier alpha value is -1.60. The van der Waals surface area contributed by atoms with Crippen molar-refractivity contribution in [1.29, 1.82) is 0 Å². The summed E-state index contributed by atoms with van der Waals surface area (Å²) in [7, 11) is 0. The quantitative estimate of drug-likeness (QED) is 0.743. The average Bonchev–Trinajstić information content (AvgIpc) is 3.09. The molecule has 88 valence electrons. The number of fused-ring (bicyclic) bond motifs is 6. The Morgan fingerprint density at radius 3 is 2.44 bits per heavy atom. The molecule has 0 aromatic heterocycles. The molecule has 0 amide bonds. The SMILES string of the molecule is O[C@]12Cc3ccccc3[C@@H]3[C@@H](c4ccccc41)[C@H]32. The van der Waals surface area contributed by atoms with Crippen molar-refractivity contribution in [3.05, 3.63) is 70.8 Å². The molecule has 0 radical (unpaired) electrons. The molecule has 1 fully saturated rings. The minimum atomic E-state index is -0.597. The molecule has 1 saturated carbocycles. The van der Waals surface area contributed by atoms with Crippen LogP contribution in [-0.4, -0.2) is 5.11 Å². The molecule has 3 aliphatic carbocycles. The monoisotopic (exact) mass is 234 g/mol. The van der Waals surface area contributed by atoms with Gasteiger partial charge in [0.2, 0.25) is 0 Å². The van der Waals surface area contributed by atoms with E-state index in [2.05, 4.69) is 48.5 Å². The fourth-order valence-corrected chi connectivity index (χ4v) is 4.56. The van der Waals surface area contributed by atoms with Crippen molar-refractivity contribution in [3.8, 4) is 0 Å². The highest BCUT2D eigenvalue weighted by Crippen LogP contribution is 2.75. The van der Waals surface area contributed by atoms with E-state index in [9.17, 15) is 5.11 Å². The maximum Gasteiger partial charge on any atom is 0.0979 e. The van der Waals surface area contributed by atoms with E-state index < -0.39 is 5.60 Å². The molecule has 2 aromatic rings. The Labute approximate surface area is 106 Å². The lowest BCUT2D eigenvalue weighted by Crippen LogP contribution is -2.33. The summed E-state index contributed by atoms with van der Waals surface area (Å²) < 4.78 is 0. The van der Waals surface area contributed by atoms with Gasteiger partial charge in [-0.3, -0.25) is 0 Å². The smallest absolute Gasteiger partial charge is 0.0979 e. The van der Waals surface area contributed by atoms with E-state index >= 15 is 0 Å². The van der Waals surface area contributed by atoms with E-state index in [4.69, 9.17) is 0 Å². The summed E-state index contributed by atoms with van der Waals surface area (Å²) in [6.07, 6.45) is 0.790. The Morgan fingerprint density at radius 1 is 0.889 bits per heavy atom. The fourth-order valence-electron chi connectivity index (χ4n) is 4.56. The Balaban J connectivity index is 1.79. The highest BCUT2D eigenvalue weighted by molar-refractivity contribution is 5.59. The van der Waals surface area contributed by atoms with Gasteiger partial charge in [-0.1, -0.05) is 48.5 Å². The van der Waals surface area contributed by atoms with Crippen molar-refractivity contribution in [2.75, 3.05) is 0 Å². The van der Waals surface area contributed by atoms with E-state index in [1.165, 1.54) is 22.3 Å². The second-order valence-electron chi connectivity index (χ2n) is 5.96. The van der Waals surface area contributed by atoms with Crippen molar-refractivity contribution in [2.45, 2.75) is 23.9 Å². The lowest BCUT2D eigenvalue weighted by Gasteiger charge is -2.33. The van der Waals surface area contributed by atoms with E-state index in [1.807, 2.05) is 0 Å². The Morgan fingerprint density at radius 2 is 1.56 bits per heavy atom. The molecule has 18 heavy (non-hydrogen) atoms. The molecule has 0 unspecified atom stereocenters. The van der Waals surface area contributed by atoms with E-state index in [0.29, 0.717) is 17.8 Å². The third kappa shape index (κ3) is 0.842. The topological polar surface area (TPSA) is 20.2 Å². The van der Waals surface area contributed by atoms with Crippen LogP contribution in [0.5, 0.6) is 0 Å². The molecule has 1 nitrogen and oxygen atoms in total. The first-order valence-electron chi connectivity index (χ1n) is 6.70. The third-order valence-corrected chi connectivity index (χ3v) is 5.23. The van der Waals surface area contributed by atoms with Crippen LogP contribution in [0.3, 0.4) is 0 Å². The van der Waals surface area contributed by atoms with Crippen molar-refractivity contribution in [1.82, 2.24) is 0 Å². The van der Waals surface area contributed by atoms with Crippen LogP contribution in [0.2, 0.25) is 0 Å². The molecule has 0 bridgehead atoms. The predicted molar refractivity (Wildman–Crippen MR) is 69.5 cm³/mol. The Bertz CT molecular complexity index is 675. The summed E-state index contributed by atoms with van der Waals surface area (Å²) in [6, 6.07) is 17.1. The van der Waals surface area contributed by atoms with Crippen LogP contribution in [-0.2, 0) is 12.0 Å². The van der Waals surface area contributed by atoms with Crippen LogP contribution >= 0.6 is 0 Å². The number of hydrogen-bond donors (Lipinski definition) is 1. The maximum atomic E-state index is 11.1. The molecule has 0 saturated heterocycles. The zero-order chi connectivity index (χ0) is 11.9. The highest BCUT2D eigenvalue weighted by Gasteiger charge is 2.70. The van der Waals surface area contributed by atoms with Gasteiger partial charge in [-0.05, 0) is 34.1 Å². The lowest BCUT2D eigenvalue weighted by atomic mass is 9.76. The van der Waals surface area contributed by atoms with Crippen LogP contribution < -0.4 is 0 Å². The average molecular weight is 234 g/mol. The van der Waals surface area contributed by atoms with Crippen molar-refractivity contribution in [2.24, 2.45) is 5.92 Å². The van der Waals surface area contributed by atoms with Gasteiger partial charge >= 0.3 is 0 Å². The van der Waals surface area contributed by atoms with Crippen LogP contribution in [0.1, 0.15) is 34.1 Å². The molecule has 4 atom stereocenters. The van der Waals surface area contributed by atoms with Gasteiger partial charge in [-0.25, -0.2) is 0 Å². The van der Waals surface area contributed by atoms with Gasteiger partial charge in [0.05, 0.1) is 5.60 Å². The summed E-state index contributed by atoms with van der Waals surface area (Å²) >= 11 is 0. The van der Waals surface area contributed by atoms with Gasteiger partial charge in [-0.2, -0.15) is 0 Å². The first-order valence-corrected chi connectivity index (χ1v) is 6.70.